The van der Waals surface area contributed by atoms with Crippen LogP contribution in [0.25, 0.3) is 11.0 Å². The van der Waals surface area contributed by atoms with E-state index in [2.05, 4.69) is 20.5 Å². The highest BCUT2D eigenvalue weighted by Crippen LogP contribution is 2.28. The van der Waals surface area contributed by atoms with Crippen molar-refractivity contribution >= 4 is 46.5 Å². The van der Waals surface area contributed by atoms with Crippen molar-refractivity contribution in [1.29, 1.82) is 0 Å². The Morgan fingerprint density at radius 1 is 1.15 bits per heavy atom. The predicted molar refractivity (Wildman–Crippen MR) is 131 cm³/mol. The third kappa shape index (κ3) is 6.27. The van der Waals surface area contributed by atoms with Gasteiger partial charge in [-0.3, -0.25) is 4.79 Å². The molecule has 0 aliphatic rings. The number of aromatic amines is 1. The Morgan fingerprint density at radius 3 is 2.76 bits per heavy atom. The summed E-state index contributed by atoms with van der Waals surface area (Å²) in [4.78, 5) is 19.7. The first-order valence-corrected chi connectivity index (χ1v) is 11.4. The maximum atomic E-state index is 12.1. The Labute approximate surface area is 200 Å². The van der Waals surface area contributed by atoms with Gasteiger partial charge in [0.2, 0.25) is 0 Å². The number of imidazole rings is 1. The van der Waals surface area contributed by atoms with Crippen LogP contribution >= 0.6 is 23.4 Å². The largest absolute Gasteiger partial charge is 0.493 e. The van der Waals surface area contributed by atoms with Gasteiger partial charge in [0, 0.05) is 5.02 Å². The first-order chi connectivity index (χ1) is 16.1. The van der Waals surface area contributed by atoms with Gasteiger partial charge in [-0.2, -0.15) is 5.10 Å². The van der Waals surface area contributed by atoms with Gasteiger partial charge in [-0.1, -0.05) is 47.6 Å². The van der Waals surface area contributed by atoms with E-state index >= 15 is 0 Å². The van der Waals surface area contributed by atoms with Gasteiger partial charge in [-0.15, -0.1) is 0 Å². The summed E-state index contributed by atoms with van der Waals surface area (Å²) in [6.45, 7) is 0.389. The number of rotatable bonds is 9. The first kappa shape index (κ1) is 22.7. The number of methoxy groups -OCH3 is 1. The van der Waals surface area contributed by atoms with Gasteiger partial charge in [0.05, 0.1) is 30.1 Å². The van der Waals surface area contributed by atoms with Crippen molar-refractivity contribution in [1.82, 2.24) is 15.4 Å². The Kier molecular flexibility index (Phi) is 7.49. The number of ether oxygens (including phenoxy) is 2. The summed E-state index contributed by atoms with van der Waals surface area (Å²) in [7, 11) is 1.57. The molecular weight excluding hydrogens is 460 g/mol. The number of nitrogens with one attached hydrogen (secondary N) is 2. The number of carbonyl (C=O) groups excluding carboxylic acids is 1. The number of benzene rings is 3. The van der Waals surface area contributed by atoms with Crippen molar-refractivity contribution in [2.75, 3.05) is 12.9 Å². The molecule has 1 heterocycles. The number of H-pyrrole nitrogens is 1. The van der Waals surface area contributed by atoms with E-state index in [0.29, 0.717) is 28.3 Å². The molecule has 9 heteroatoms. The highest BCUT2D eigenvalue weighted by Gasteiger charge is 2.08. The number of nitrogens with zero attached hydrogens (tertiary/aromatic N) is 2. The third-order valence-electron chi connectivity index (χ3n) is 4.61. The monoisotopic (exact) mass is 480 g/mol. The SMILES string of the molecule is COc1cc(/C=N\NC(=O)CSc2nc3ccccc3[nH]2)ccc1OCc1ccc(Cl)cc1. The second-order valence-electron chi connectivity index (χ2n) is 6.97. The molecular formula is C24H21ClN4O3S. The van der Waals surface area contributed by atoms with E-state index in [9.17, 15) is 4.79 Å². The van der Waals surface area contributed by atoms with Crippen LogP contribution in [0.2, 0.25) is 5.02 Å². The van der Waals surface area contributed by atoms with Crippen molar-refractivity contribution in [3.8, 4) is 11.5 Å². The summed E-state index contributed by atoms with van der Waals surface area (Å²) < 4.78 is 11.3. The standard InChI is InChI=1S/C24H21ClN4O3S/c1-31-22-12-17(8-11-21(22)32-14-16-6-9-18(25)10-7-16)13-26-29-23(30)15-33-24-27-19-4-2-3-5-20(19)28-24/h2-13H,14-15H2,1H3,(H,27,28)(H,29,30)/b26-13-. The lowest BCUT2D eigenvalue weighted by Crippen LogP contribution is -2.19. The van der Waals surface area contributed by atoms with Crippen molar-refractivity contribution in [2.24, 2.45) is 5.10 Å². The number of hydrogen-bond acceptors (Lipinski definition) is 6. The molecule has 0 atom stereocenters. The van der Waals surface area contributed by atoms with Gasteiger partial charge < -0.3 is 14.5 Å². The van der Waals surface area contributed by atoms with Crippen molar-refractivity contribution in [2.45, 2.75) is 11.8 Å². The fraction of sp³-hybridized carbons (Fsp3) is 0.125. The normalized spacial score (nSPS) is 11.1. The summed E-state index contributed by atoms with van der Waals surface area (Å²) in [5.74, 6) is 1.14. The fourth-order valence-corrected chi connectivity index (χ4v) is 3.77. The number of thioether (sulfide) groups is 1. The number of hydrazone groups is 1. The highest BCUT2D eigenvalue weighted by molar-refractivity contribution is 7.99. The molecule has 4 rings (SSSR count). The van der Waals surface area contributed by atoms with Crippen LogP contribution in [-0.4, -0.2) is 35.0 Å². The molecule has 0 bridgehead atoms. The zero-order chi connectivity index (χ0) is 23.0. The maximum Gasteiger partial charge on any atom is 0.250 e. The van der Waals surface area contributed by atoms with Gasteiger partial charge in [0.15, 0.2) is 16.7 Å². The predicted octanol–water partition coefficient (Wildman–Crippen LogP) is 5.05. The highest BCUT2D eigenvalue weighted by atomic mass is 35.5. The minimum Gasteiger partial charge on any atom is -0.493 e. The average Bonchev–Trinajstić information content (AvgIpc) is 3.26. The maximum absolute atomic E-state index is 12.1. The van der Waals surface area contributed by atoms with Crippen LogP contribution in [0.3, 0.4) is 0 Å². The molecule has 168 valence electrons. The molecule has 0 saturated heterocycles. The number of para-hydroxylation sites is 2. The summed E-state index contributed by atoms with van der Waals surface area (Å²) in [5, 5.41) is 5.40. The number of aromatic nitrogens is 2. The molecule has 0 aliphatic carbocycles. The third-order valence-corrected chi connectivity index (χ3v) is 5.73. The molecule has 0 radical (unpaired) electrons. The zero-order valence-corrected chi connectivity index (χ0v) is 19.3. The van der Waals surface area contributed by atoms with Gasteiger partial charge >= 0.3 is 0 Å². The van der Waals surface area contributed by atoms with E-state index in [1.807, 2.05) is 54.6 Å². The molecule has 33 heavy (non-hydrogen) atoms. The topological polar surface area (TPSA) is 88.6 Å². The summed E-state index contributed by atoms with van der Waals surface area (Å²) in [6.07, 6.45) is 1.55. The molecule has 0 fully saturated rings. The summed E-state index contributed by atoms with van der Waals surface area (Å²) in [6, 6.07) is 20.6. The van der Waals surface area contributed by atoms with Crippen LogP contribution in [0, 0.1) is 0 Å². The van der Waals surface area contributed by atoms with Crippen molar-refractivity contribution in [3.05, 3.63) is 82.9 Å². The van der Waals surface area contributed by atoms with Gasteiger partial charge in [0.25, 0.3) is 5.91 Å². The molecule has 3 aromatic carbocycles. The Bertz CT molecular complexity index is 1240. The van der Waals surface area contributed by atoms with E-state index in [0.717, 1.165) is 22.2 Å². The lowest BCUT2D eigenvalue weighted by molar-refractivity contribution is -0.118. The van der Waals surface area contributed by atoms with Crippen LogP contribution in [0.4, 0.5) is 0 Å². The fourth-order valence-electron chi connectivity index (χ4n) is 2.97. The van der Waals surface area contributed by atoms with E-state index in [1.54, 1.807) is 25.5 Å². The average molecular weight is 481 g/mol. The molecule has 4 aromatic rings. The lowest BCUT2D eigenvalue weighted by Gasteiger charge is -2.11. The Hall–Kier alpha value is -3.49. The van der Waals surface area contributed by atoms with Crippen LogP contribution in [0.15, 0.2) is 77.0 Å². The molecule has 0 saturated carbocycles. The Morgan fingerprint density at radius 2 is 1.97 bits per heavy atom. The second-order valence-corrected chi connectivity index (χ2v) is 8.37. The molecule has 0 aliphatic heterocycles. The zero-order valence-electron chi connectivity index (χ0n) is 17.7. The van der Waals surface area contributed by atoms with Gasteiger partial charge in [-0.05, 0) is 53.6 Å². The van der Waals surface area contributed by atoms with E-state index in [-0.39, 0.29) is 11.7 Å². The molecule has 7 nitrogen and oxygen atoms in total. The quantitative estimate of drug-likeness (QED) is 0.199. The minimum absolute atomic E-state index is 0.192. The first-order valence-electron chi connectivity index (χ1n) is 10.1. The number of fused-ring (bicyclic) bond motifs is 1. The van der Waals surface area contributed by atoms with Crippen molar-refractivity contribution < 1.29 is 14.3 Å². The van der Waals surface area contributed by atoms with Crippen LogP contribution in [-0.2, 0) is 11.4 Å². The number of halogens is 1. The van der Waals surface area contributed by atoms with E-state index in [1.165, 1.54) is 11.8 Å². The number of carbonyl (C=O) groups is 1. The minimum atomic E-state index is -0.230. The molecule has 2 N–H and O–H groups in total. The van der Waals surface area contributed by atoms with E-state index in [4.69, 9.17) is 21.1 Å². The van der Waals surface area contributed by atoms with Gasteiger partial charge in [0.1, 0.15) is 6.61 Å². The van der Waals surface area contributed by atoms with Gasteiger partial charge in [-0.25, -0.2) is 10.4 Å². The number of hydrogen-bond donors (Lipinski definition) is 2. The second kappa shape index (κ2) is 10.9. The number of amides is 1. The van der Waals surface area contributed by atoms with E-state index < -0.39 is 0 Å². The molecule has 1 aromatic heterocycles. The summed E-state index contributed by atoms with van der Waals surface area (Å²) >= 11 is 7.23. The van der Waals surface area contributed by atoms with Crippen LogP contribution in [0.1, 0.15) is 11.1 Å². The van der Waals surface area contributed by atoms with Crippen LogP contribution < -0.4 is 14.9 Å². The Balaban J connectivity index is 1.28. The summed E-state index contributed by atoms with van der Waals surface area (Å²) in [5.41, 5.74) is 6.09. The lowest BCUT2D eigenvalue weighted by atomic mass is 10.2. The molecule has 0 unspecified atom stereocenters. The molecule has 0 spiro atoms. The molecule has 1 amide bonds. The van der Waals surface area contributed by atoms with Crippen LogP contribution in [0.5, 0.6) is 11.5 Å². The van der Waals surface area contributed by atoms with Crippen molar-refractivity contribution in [3.63, 3.8) is 0 Å². The smallest absolute Gasteiger partial charge is 0.250 e.